The highest BCUT2D eigenvalue weighted by Crippen LogP contribution is 2.28. The third kappa shape index (κ3) is 6.07. The van der Waals surface area contributed by atoms with Gasteiger partial charge in [0.15, 0.2) is 5.96 Å². The minimum absolute atomic E-state index is 0. The Bertz CT molecular complexity index is 764. The Kier molecular flexibility index (Phi) is 9.49. The normalized spacial score (nSPS) is 16.8. The third-order valence-corrected chi connectivity index (χ3v) is 5.36. The lowest BCUT2D eigenvalue weighted by Crippen LogP contribution is -2.44. The van der Waals surface area contributed by atoms with E-state index in [2.05, 4.69) is 84.3 Å². The molecule has 0 aliphatic carbocycles. The van der Waals surface area contributed by atoms with E-state index in [1.165, 1.54) is 5.69 Å². The van der Waals surface area contributed by atoms with Crippen molar-refractivity contribution in [2.45, 2.75) is 39.3 Å². The molecule has 2 N–H and O–H groups in total. The molecule has 28 heavy (non-hydrogen) atoms. The van der Waals surface area contributed by atoms with E-state index in [-0.39, 0.29) is 24.0 Å². The molecule has 1 aromatic carbocycles. The summed E-state index contributed by atoms with van der Waals surface area (Å²) in [5, 5.41) is 15.0. The molecule has 1 unspecified atom stereocenters. The van der Waals surface area contributed by atoms with E-state index < -0.39 is 0 Å². The van der Waals surface area contributed by atoms with Crippen LogP contribution in [0, 0.1) is 0 Å². The van der Waals surface area contributed by atoms with Gasteiger partial charge in [0.05, 0.1) is 12.2 Å². The Labute approximate surface area is 192 Å². The molecule has 0 radical (unpaired) electrons. The van der Waals surface area contributed by atoms with Gasteiger partial charge in [-0.25, -0.2) is 0 Å². The second kappa shape index (κ2) is 11.6. The Hall–Kier alpha value is -1.36. The molecular formula is C19H29BrIN7. The molecule has 3 rings (SSSR count). The van der Waals surface area contributed by atoms with Crippen LogP contribution in [0.4, 0.5) is 5.69 Å². The molecule has 9 heteroatoms. The fourth-order valence-corrected chi connectivity index (χ4v) is 3.86. The number of aryl methyl sites for hydroxylation is 1. The zero-order valence-corrected chi connectivity index (χ0v) is 20.4. The summed E-state index contributed by atoms with van der Waals surface area (Å²) in [6.45, 7) is 8.53. The first-order chi connectivity index (χ1) is 13.2. The lowest BCUT2D eigenvalue weighted by Gasteiger charge is -2.21. The van der Waals surface area contributed by atoms with Crippen LogP contribution in [-0.2, 0) is 13.0 Å². The summed E-state index contributed by atoms with van der Waals surface area (Å²) in [5.41, 5.74) is 1.25. The van der Waals surface area contributed by atoms with E-state index in [1.807, 2.05) is 0 Å². The van der Waals surface area contributed by atoms with Gasteiger partial charge in [-0.05, 0) is 41.4 Å². The van der Waals surface area contributed by atoms with Gasteiger partial charge >= 0.3 is 0 Å². The maximum Gasteiger partial charge on any atom is 0.191 e. The smallest absolute Gasteiger partial charge is 0.191 e. The van der Waals surface area contributed by atoms with Crippen molar-refractivity contribution in [3.63, 3.8) is 0 Å². The Morgan fingerprint density at radius 3 is 2.89 bits per heavy atom. The summed E-state index contributed by atoms with van der Waals surface area (Å²) in [5.74, 6) is 1.88. The molecule has 1 aromatic heterocycles. The summed E-state index contributed by atoms with van der Waals surface area (Å²) in [6.07, 6.45) is 3.76. The molecule has 0 saturated carbocycles. The van der Waals surface area contributed by atoms with Crippen LogP contribution in [0.5, 0.6) is 0 Å². The van der Waals surface area contributed by atoms with Gasteiger partial charge in [0.1, 0.15) is 12.2 Å². The number of nitrogens with zero attached hydrogens (tertiary/aromatic N) is 5. The lowest BCUT2D eigenvalue weighted by atomic mass is 10.3. The van der Waals surface area contributed by atoms with E-state index in [0.717, 1.165) is 55.3 Å². The molecule has 7 nitrogen and oxygen atoms in total. The monoisotopic (exact) mass is 561 g/mol. The minimum atomic E-state index is 0. The number of hydrogen-bond donors (Lipinski definition) is 2. The van der Waals surface area contributed by atoms with Gasteiger partial charge in [-0.3, -0.25) is 4.99 Å². The van der Waals surface area contributed by atoms with Crippen LogP contribution in [0.1, 0.15) is 26.1 Å². The largest absolute Gasteiger partial charge is 0.368 e. The number of benzene rings is 1. The average Bonchev–Trinajstić information content (AvgIpc) is 3.31. The SMILES string of the molecule is CCNC(=NCCn1cnnc1CC)NC1CCN(c2ccccc2Br)C1.I. The number of para-hydroxylation sites is 1. The van der Waals surface area contributed by atoms with E-state index in [4.69, 9.17) is 4.99 Å². The van der Waals surface area contributed by atoms with Gasteiger partial charge < -0.3 is 20.1 Å². The molecule has 1 saturated heterocycles. The first-order valence-electron chi connectivity index (χ1n) is 9.62. The zero-order chi connectivity index (χ0) is 19.1. The van der Waals surface area contributed by atoms with Crippen molar-refractivity contribution in [3.05, 3.63) is 40.9 Å². The standard InChI is InChI=1S/C19H28BrN7.HI/c1-3-18-25-23-14-27(18)12-10-22-19(21-4-2)24-15-9-11-26(13-15)17-8-6-5-7-16(17)20;/h5-8,14-15H,3-4,9-13H2,1-2H3,(H2,21,22,24);1H. The number of aliphatic imine (C=N–C) groups is 1. The quantitative estimate of drug-likeness (QED) is 0.309. The summed E-state index contributed by atoms with van der Waals surface area (Å²) >= 11 is 3.66. The summed E-state index contributed by atoms with van der Waals surface area (Å²) in [7, 11) is 0. The summed E-state index contributed by atoms with van der Waals surface area (Å²) < 4.78 is 3.21. The average molecular weight is 562 g/mol. The predicted octanol–water partition coefficient (Wildman–Crippen LogP) is 3.06. The molecular weight excluding hydrogens is 533 g/mol. The number of hydrogen-bond acceptors (Lipinski definition) is 4. The first kappa shape index (κ1) is 22.9. The van der Waals surface area contributed by atoms with Crippen molar-refractivity contribution >= 4 is 51.6 Å². The number of guanidine groups is 1. The highest BCUT2D eigenvalue weighted by Gasteiger charge is 2.24. The van der Waals surface area contributed by atoms with Crippen molar-refractivity contribution in [2.24, 2.45) is 4.99 Å². The lowest BCUT2D eigenvalue weighted by molar-refractivity contribution is 0.634. The van der Waals surface area contributed by atoms with Crippen molar-refractivity contribution in [1.82, 2.24) is 25.4 Å². The molecule has 0 bridgehead atoms. The highest BCUT2D eigenvalue weighted by atomic mass is 127. The topological polar surface area (TPSA) is 70.4 Å². The maximum atomic E-state index is 4.73. The van der Waals surface area contributed by atoms with Crippen LogP contribution in [0.2, 0.25) is 0 Å². The molecule has 1 aliphatic rings. The number of anilines is 1. The van der Waals surface area contributed by atoms with Crippen molar-refractivity contribution in [2.75, 3.05) is 31.1 Å². The molecule has 0 spiro atoms. The highest BCUT2D eigenvalue weighted by molar-refractivity contribution is 14.0. The Morgan fingerprint density at radius 1 is 1.32 bits per heavy atom. The van der Waals surface area contributed by atoms with Gasteiger partial charge in [0.2, 0.25) is 0 Å². The van der Waals surface area contributed by atoms with Crippen molar-refractivity contribution in [3.8, 4) is 0 Å². The zero-order valence-electron chi connectivity index (χ0n) is 16.4. The second-order valence-corrected chi connectivity index (χ2v) is 7.44. The first-order valence-corrected chi connectivity index (χ1v) is 10.4. The van der Waals surface area contributed by atoms with Crippen LogP contribution >= 0.6 is 39.9 Å². The molecule has 1 aliphatic heterocycles. The fraction of sp³-hybridized carbons (Fsp3) is 0.526. The summed E-state index contributed by atoms with van der Waals surface area (Å²) in [6, 6.07) is 8.78. The van der Waals surface area contributed by atoms with Gasteiger partial charge in [0.25, 0.3) is 0 Å². The van der Waals surface area contributed by atoms with Crippen LogP contribution < -0.4 is 15.5 Å². The second-order valence-electron chi connectivity index (χ2n) is 6.58. The van der Waals surface area contributed by atoms with E-state index >= 15 is 0 Å². The molecule has 2 aromatic rings. The van der Waals surface area contributed by atoms with Gasteiger partial charge in [-0.2, -0.15) is 0 Å². The van der Waals surface area contributed by atoms with Crippen molar-refractivity contribution in [1.29, 1.82) is 0 Å². The van der Waals surface area contributed by atoms with E-state index in [9.17, 15) is 0 Å². The number of halogens is 2. The predicted molar refractivity (Wildman–Crippen MR) is 129 cm³/mol. The Balaban J connectivity index is 0.00000280. The number of rotatable bonds is 7. The third-order valence-electron chi connectivity index (χ3n) is 4.69. The van der Waals surface area contributed by atoms with Gasteiger partial charge in [-0.1, -0.05) is 19.1 Å². The molecule has 154 valence electrons. The molecule has 0 amide bonds. The maximum absolute atomic E-state index is 4.73. The fourth-order valence-electron chi connectivity index (χ4n) is 3.33. The van der Waals surface area contributed by atoms with E-state index in [1.54, 1.807) is 6.33 Å². The number of nitrogens with one attached hydrogen (secondary N) is 2. The molecule has 1 atom stereocenters. The molecule has 1 fully saturated rings. The van der Waals surface area contributed by atoms with Gasteiger partial charge in [0, 0.05) is 43.1 Å². The van der Waals surface area contributed by atoms with Crippen LogP contribution in [-0.4, -0.2) is 52.9 Å². The Morgan fingerprint density at radius 2 is 2.14 bits per heavy atom. The minimum Gasteiger partial charge on any atom is -0.368 e. The summed E-state index contributed by atoms with van der Waals surface area (Å²) in [4.78, 5) is 7.15. The van der Waals surface area contributed by atoms with Crippen LogP contribution in [0.3, 0.4) is 0 Å². The molecule has 2 heterocycles. The van der Waals surface area contributed by atoms with Crippen LogP contribution in [0.15, 0.2) is 40.1 Å². The van der Waals surface area contributed by atoms with Gasteiger partial charge in [-0.15, -0.1) is 34.2 Å². The van der Waals surface area contributed by atoms with Crippen molar-refractivity contribution < 1.29 is 0 Å². The van der Waals surface area contributed by atoms with E-state index in [0.29, 0.717) is 12.6 Å². The number of aromatic nitrogens is 3. The van der Waals surface area contributed by atoms with Crippen LogP contribution in [0.25, 0.3) is 0 Å².